The van der Waals surface area contributed by atoms with Gasteiger partial charge in [0, 0.05) is 4.47 Å². The van der Waals surface area contributed by atoms with Crippen LogP contribution in [-0.4, -0.2) is 24.3 Å². The number of methoxy groups -OCH3 is 1. The summed E-state index contributed by atoms with van der Waals surface area (Å²) in [6.45, 7) is 3.65. The van der Waals surface area contributed by atoms with Gasteiger partial charge in [-0.05, 0) is 26.0 Å². The Morgan fingerprint density at radius 1 is 1.44 bits per heavy atom. The van der Waals surface area contributed by atoms with Gasteiger partial charge in [-0.1, -0.05) is 15.9 Å². The van der Waals surface area contributed by atoms with E-state index < -0.39 is 5.97 Å². The fourth-order valence-corrected chi connectivity index (χ4v) is 1.67. The molecular formula is C11H13BrO4. The Morgan fingerprint density at radius 3 is 2.50 bits per heavy atom. The molecule has 0 spiro atoms. The van der Waals surface area contributed by atoms with Gasteiger partial charge in [0.1, 0.15) is 5.56 Å². The number of ether oxygens (including phenoxy) is 2. The molecule has 88 valence electrons. The predicted octanol–water partition coefficient (Wildman–Crippen LogP) is 2.94. The predicted molar refractivity (Wildman–Crippen MR) is 63.4 cm³/mol. The molecule has 1 aromatic rings. The van der Waals surface area contributed by atoms with Crippen LogP contribution in [-0.2, 0) is 0 Å². The second-order valence-electron chi connectivity index (χ2n) is 3.46. The normalized spacial score (nSPS) is 10.3. The third-order valence-corrected chi connectivity index (χ3v) is 2.28. The molecule has 0 radical (unpaired) electrons. The van der Waals surface area contributed by atoms with Crippen LogP contribution in [0.4, 0.5) is 0 Å². The first-order chi connectivity index (χ1) is 7.45. The van der Waals surface area contributed by atoms with Crippen LogP contribution in [0.3, 0.4) is 0 Å². The highest BCUT2D eigenvalue weighted by Gasteiger charge is 2.18. The number of aromatic carboxylic acids is 1. The van der Waals surface area contributed by atoms with E-state index in [9.17, 15) is 4.79 Å². The van der Waals surface area contributed by atoms with Gasteiger partial charge in [-0.2, -0.15) is 0 Å². The Morgan fingerprint density at radius 2 is 2.06 bits per heavy atom. The number of carbonyl (C=O) groups is 1. The third kappa shape index (κ3) is 2.88. The minimum atomic E-state index is -1.05. The van der Waals surface area contributed by atoms with Crippen molar-refractivity contribution in [1.29, 1.82) is 0 Å². The highest BCUT2D eigenvalue weighted by molar-refractivity contribution is 9.10. The van der Waals surface area contributed by atoms with Crippen molar-refractivity contribution in [3.05, 3.63) is 22.2 Å². The number of carboxylic acids is 1. The van der Waals surface area contributed by atoms with E-state index >= 15 is 0 Å². The number of hydrogen-bond acceptors (Lipinski definition) is 3. The van der Waals surface area contributed by atoms with Gasteiger partial charge in [0.15, 0.2) is 11.5 Å². The summed E-state index contributed by atoms with van der Waals surface area (Å²) in [5, 5.41) is 9.07. The topological polar surface area (TPSA) is 55.8 Å². The second-order valence-corrected chi connectivity index (χ2v) is 4.37. The van der Waals surface area contributed by atoms with E-state index in [0.717, 1.165) is 0 Å². The van der Waals surface area contributed by atoms with E-state index in [2.05, 4.69) is 15.9 Å². The van der Waals surface area contributed by atoms with Crippen molar-refractivity contribution < 1.29 is 19.4 Å². The molecule has 1 N–H and O–H groups in total. The molecule has 16 heavy (non-hydrogen) atoms. The molecule has 1 rings (SSSR count). The number of rotatable bonds is 4. The molecule has 0 bridgehead atoms. The Labute approximate surface area is 102 Å². The van der Waals surface area contributed by atoms with Gasteiger partial charge in [0.25, 0.3) is 0 Å². The summed E-state index contributed by atoms with van der Waals surface area (Å²) in [5.41, 5.74) is 0.0833. The van der Waals surface area contributed by atoms with E-state index in [1.807, 2.05) is 13.8 Å². The number of hydrogen-bond donors (Lipinski definition) is 1. The molecule has 0 heterocycles. The monoisotopic (exact) mass is 288 g/mol. The molecule has 0 unspecified atom stereocenters. The summed E-state index contributed by atoms with van der Waals surface area (Å²) in [6.07, 6.45) is -0.117. The molecule has 0 aliphatic carbocycles. The zero-order chi connectivity index (χ0) is 12.3. The molecule has 5 heteroatoms. The Bertz CT molecular complexity index is 401. The summed E-state index contributed by atoms with van der Waals surface area (Å²) in [7, 11) is 1.47. The quantitative estimate of drug-likeness (QED) is 0.926. The van der Waals surface area contributed by atoms with Crippen LogP contribution in [0, 0.1) is 0 Å². The van der Waals surface area contributed by atoms with Gasteiger partial charge in [-0.25, -0.2) is 4.79 Å². The lowest BCUT2D eigenvalue weighted by Crippen LogP contribution is -2.11. The number of benzene rings is 1. The summed E-state index contributed by atoms with van der Waals surface area (Å²) in [4.78, 5) is 11.1. The van der Waals surface area contributed by atoms with Crippen molar-refractivity contribution in [2.24, 2.45) is 0 Å². The first-order valence-corrected chi connectivity index (χ1v) is 5.52. The van der Waals surface area contributed by atoms with Crippen molar-refractivity contribution in [1.82, 2.24) is 0 Å². The average Bonchev–Trinajstić information content (AvgIpc) is 2.19. The maximum absolute atomic E-state index is 11.1. The van der Waals surface area contributed by atoms with Gasteiger partial charge in [-0.15, -0.1) is 0 Å². The Balaban J connectivity index is 3.33. The molecule has 0 saturated heterocycles. The van der Waals surface area contributed by atoms with Crippen LogP contribution in [0.2, 0.25) is 0 Å². The van der Waals surface area contributed by atoms with E-state index in [0.29, 0.717) is 10.2 Å². The lowest BCUT2D eigenvalue weighted by molar-refractivity contribution is 0.0689. The van der Waals surface area contributed by atoms with Crippen molar-refractivity contribution >= 4 is 21.9 Å². The van der Waals surface area contributed by atoms with Crippen molar-refractivity contribution in [3.63, 3.8) is 0 Å². The fraction of sp³-hybridized carbons (Fsp3) is 0.364. The first-order valence-electron chi connectivity index (χ1n) is 4.73. The highest BCUT2D eigenvalue weighted by Crippen LogP contribution is 2.35. The van der Waals surface area contributed by atoms with Crippen molar-refractivity contribution in [3.8, 4) is 11.5 Å². The fourth-order valence-electron chi connectivity index (χ4n) is 1.24. The second kappa shape index (κ2) is 5.21. The molecule has 0 atom stereocenters. The highest BCUT2D eigenvalue weighted by atomic mass is 79.9. The van der Waals surface area contributed by atoms with E-state index in [1.54, 1.807) is 6.07 Å². The standard InChI is InChI=1S/C11H13BrO4/c1-6(2)16-10-8(11(13)14)4-7(12)5-9(10)15-3/h4-6H,1-3H3,(H,13,14). The lowest BCUT2D eigenvalue weighted by Gasteiger charge is -2.16. The molecule has 0 aromatic heterocycles. The minimum Gasteiger partial charge on any atom is -0.493 e. The van der Waals surface area contributed by atoms with E-state index in [1.165, 1.54) is 13.2 Å². The summed E-state index contributed by atoms with van der Waals surface area (Å²) in [6, 6.07) is 3.16. The van der Waals surface area contributed by atoms with Gasteiger partial charge in [0.05, 0.1) is 13.2 Å². The summed E-state index contributed by atoms with van der Waals surface area (Å²) < 4.78 is 11.2. The third-order valence-electron chi connectivity index (χ3n) is 1.82. The van der Waals surface area contributed by atoms with Crippen LogP contribution in [0.1, 0.15) is 24.2 Å². The smallest absolute Gasteiger partial charge is 0.339 e. The molecule has 0 amide bonds. The zero-order valence-corrected chi connectivity index (χ0v) is 10.9. The maximum Gasteiger partial charge on any atom is 0.339 e. The first kappa shape index (κ1) is 12.8. The molecular weight excluding hydrogens is 276 g/mol. The molecule has 0 saturated carbocycles. The van der Waals surface area contributed by atoms with Gasteiger partial charge in [0.2, 0.25) is 0 Å². The number of carboxylic acid groups (broad SMARTS) is 1. The molecule has 0 fully saturated rings. The molecule has 1 aromatic carbocycles. The molecule has 4 nitrogen and oxygen atoms in total. The van der Waals surface area contributed by atoms with Gasteiger partial charge < -0.3 is 14.6 Å². The van der Waals surface area contributed by atoms with Crippen LogP contribution >= 0.6 is 15.9 Å². The Kier molecular flexibility index (Phi) is 4.18. The van der Waals surface area contributed by atoms with Crippen LogP contribution in [0.15, 0.2) is 16.6 Å². The molecule has 0 aliphatic heterocycles. The van der Waals surface area contributed by atoms with Gasteiger partial charge >= 0.3 is 5.97 Å². The van der Waals surface area contributed by atoms with E-state index in [4.69, 9.17) is 14.6 Å². The summed E-state index contributed by atoms with van der Waals surface area (Å²) in [5.74, 6) is -0.385. The van der Waals surface area contributed by atoms with Crippen LogP contribution in [0.25, 0.3) is 0 Å². The van der Waals surface area contributed by atoms with Crippen LogP contribution < -0.4 is 9.47 Å². The lowest BCUT2D eigenvalue weighted by atomic mass is 10.2. The maximum atomic E-state index is 11.1. The van der Waals surface area contributed by atoms with Gasteiger partial charge in [-0.3, -0.25) is 0 Å². The van der Waals surface area contributed by atoms with Crippen LogP contribution in [0.5, 0.6) is 11.5 Å². The minimum absolute atomic E-state index is 0.0833. The van der Waals surface area contributed by atoms with Crippen molar-refractivity contribution in [2.45, 2.75) is 20.0 Å². The van der Waals surface area contributed by atoms with Crippen molar-refractivity contribution in [2.75, 3.05) is 7.11 Å². The average molecular weight is 289 g/mol. The molecule has 0 aliphatic rings. The Hall–Kier alpha value is -1.23. The zero-order valence-electron chi connectivity index (χ0n) is 9.28. The number of halogens is 1. The largest absolute Gasteiger partial charge is 0.493 e. The SMILES string of the molecule is COc1cc(Br)cc(C(=O)O)c1OC(C)C. The summed E-state index contributed by atoms with van der Waals surface area (Å²) >= 11 is 3.22. The van der Waals surface area contributed by atoms with E-state index in [-0.39, 0.29) is 17.4 Å².